The standard InChI is InChI=1S/C16H27N5O2S/c1-2-3-12-24(22,23)21-10-8-20(9-11-21)16-13-15(17-14-18-16)19-6-4-5-7-19/h13-14H,2-12H2,1H3. The molecule has 7 nitrogen and oxygen atoms in total. The second kappa shape index (κ2) is 7.65. The van der Waals surface area contributed by atoms with E-state index in [1.54, 1.807) is 10.6 Å². The Morgan fingerprint density at radius 1 is 0.958 bits per heavy atom. The van der Waals surface area contributed by atoms with E-state index in [9.17, 15) is 8.42 Å². The lowest BCUT2D eigenvalue weighted by molar-refractivity contribution is 0.383. The van der Waals surface area contributed by atoms with Gasteiger partial charge < -0.3 is 9.80 Å². The fourth-order valence-corrected chi connectivity index (χ4v) is 4.91. The average molecular weight is 353 g/mol. The molecule has 8 heteroatoms. The fraction of sp³-hybridized carbons (Fsp3) is 0.750. The summed E-state index contributed by atoms with van der Waals surface area (Å²) in [6, 6.07) is 2.03. The summed E-state index contributed by atoms with van der Waals surface area (Å²) in [6.07, 6.45) is 5.68. The molecule has 24 heavy (non-hydrogen) atoms. The van der Waals surface area contributed by atoms with Crippen molar-refractivity contribution in [2.45, 2.75) is 32.6 Å². The Morgan fingerprint density at radius 3 is 2.12 bits per heavy atom. The molecule has 2 aliphatic heterocycles. The van der Waals surface area contributed by atoms with E-state index in [1.807, 2.05) is 13.0 Å². The maximum Gasteiger partial charge on any atom is 0.214 e. The zero-order valence-electron chi connectivity index (χ0n) is 14.4. The monoisotopic (exact) mass is 353 g/mol. The average Bonchev–Trinajstić information content (AvgIpc) is 3.15. The van der Waals surface area contributed by atoms with Crippen molar-refractivity contribution >= 4 is 21.7 Å². The van der Waals surface area contributed by atoms with E-state index in [1.165, 1.54) is 12.8 Å². The quantitative estimate of drug-likeness (QED) is 0.768. The number of anilines is 2. The van der Waals surface area contributed by atoms with Gasteiger partial charge in [0.2, 0.25) is 10.0 Å². The molecule has 3 heterocycles. The summed E-state index contributed by atoms with van der Waals surface area (Å²) < 4.78 is 26.2. The summed E-state index contributed by atoms with van der Waals surface area (Å²) in [6.45, 7) is 6.56. The highest BCUT2D eigenvalue weighted by molar-refractivity contribution is 7.89. The van der Waals surface area contributed by atoms with E-state index in [2.05, 4.69) is 19.8 Å². The smallest absolute Gasteiger partial charge is 0.214 e. The van der Waals surface area contributed by atoms with Crippen molar-refractivity contribution in [2.75, 3.05) is 54.8 Å². The SMILES string of the molecule is CCCCS(=O)(=O)N1CCN(c2cc(N3CCCC3)ncn2)CC1. The summed E-state index contributed by atoms with van der Waals surface area (Å²) in [4.78, 5) is 13.2. The lowest BCUT2D eigenvalue weighted by Crippen LogP contribution is -2.49. The third kappa shape index (κ3) is 3.97. The molecular formula is C16H27N5O2S. The van der Waals surface area contributed by atoms with Gasteiger partial charge in [0, 0.05) is 45.3 Å². The first kappa shape index (κ1) is 17.4. The van der Waals surface area contributed by atoms with Crippen molar-refractivity contribution in [1.82, 2.24) is 14.3 Å². The Kier molecular flexibility index (Phi) is 5.55. The van der Waals surface area contributed by atoms with Gasteiger partial charge in [-0.25, -0.2) is 18.4 Å². The van der Waals surface area contributed by atoms with Crippen molar-refractivity contribution in [2.24, 2.45) is 0 Å². The maximum absolute atomic E-state index is 12.3. The van der Waals surface area contributed by atoms with Gasteiger partial charge in [0.1, 0.15) is 18.0 Å². The van der Waals surface area contributed by atoms with Crippen molar-refractivity contribution in [3.05, 3.63) is 12.4 Å². The summed E-state index contributed by atoms with van der Waals surface area (Å²) in [5.74, 6) is 2.14. The minimum Gasteiger partial charge on any atom is -0.356 e. The minimum atomic E-state index is -3.11. The van der Waals surface area contributed by atoms with Crippen LogP contribution in [0.25, 0.3) is 0 Å². The number of unbranched alkanes of at least 4 members (excludes halogenated alkanes) is 1. The van der Waals surface area contributed by atoms with Gasteiger partial charge in [0.15, 0.2) is 0 Å². The Balaban J connectivity index is 1.61. The van der Waals surface area contributed by atoms with Crippen molar-refractivity contribution in [3.8, 4) is 0 Å². The minimum absolute atomic E-state index is 0.260. The number of hydrogen-bond donors (Lipinski definition) is 0. The van der Waals surface area contributed by atoms with E-state index in [0.29, 0.717) is 26.2 Å². The summed E-state index contributed by atoms with van der Waals surface area (Å²) in [5.41, 5.74) is 0. The van der Waals surface area contributed by atoms with E-state index >= 15 is 0 Å². The number of aromatic nitrogens is 2. The molecule has 134 valence electrons. The van der Waals surface area contributed by atoms with E-state index in [0.717, 1.165) is 37.6 Å². The van der Waals surface area contributed by atoms with Crippen LogP contribution in [0.15, 0.2) is 12.4 Å². The van der Waals surface area contributed by atoms with Crippen LogP contribution in [0.3, 0.4) is 0 Å². The van der Waals surface area contributed by atoms with Crippen molar-refractivity contribution in [3.63, 3.8) is 0 Å². The first-order chi connectivity index (χ1) is 11.6. The molecule has 0 unspecified atom stereocenters. The molecule has 0 N–H and O–H groups in total. The van der Waals surface area contributed by atoms with Crippen LogP contribution >= 0.6 is 0 Å². The largest absolute Gasteiger partial charge is 0.356 e. The highest BCUT2D eigenvalue weighted by Gasteiger charge is 2.27. The first-order valence-electron chi connectivity index (χ1n) is 8.90. The zero-order valence-corrected chi connectivity index (χ0v) is 15.2. The third-order valence-corrected chi connectivity index (χ3v) is 6.74. The van der Waals surface area contributed by atoms with E-state index in [-0.39, 0.29) is 5.75 Å². The lowest BCUT2D eigenvalue weighted by Gasteiger charge is -2.35. The highest BCUT2D eigenvalue weighted by Crippen LogP contribution is 2.22. The second-order valence-electron chi connectivity index (χ2n) is 6.48. The highest BCUT2D eigenvalue weighted by atomic mass is 32.2. The van der Waals surface area contributed by atoms with Crippen LogP contribution in [0.5, 0.6) is 0 Å². The van der Waals surface area contributed by atoms with E-state index in [4.69, 9.17) is 0 Å². The third-order valence-electron chi connectivity index (χ3n) is 4.78. The Hall–Kier alpha value is -1.41. The van der Waals surface area contributed by atoms with Crippen molar-refractivity contribution in [1.29, 1.82) is 0 Å². The predicted molar refractivity (Wildman–Crippen MR) is 96.0 cm³/mol. The molecule has 0 saturated carbocycles. The van der Waals surface area contributed by atoms with E-state index < -0.39 is 10.0 Å². The Bertz CT molecular complexity index is 638. The van der Waals surface area contributed by atoms with Crippen LogP contribution in [-0.2, 0) is 10.0 Å². The number of rotatable bonds is 6. The molecule has 1 aromatic heterocycles. The van der Waals surface area contributed by atoms with Gasteiger partial charge in [-0.15, -0.1) is 0 Å². The van der Waals surface area contributed by atoms with Crippen LogP contribution in [-0.4, -0.2) is 67.7 Å². The van der Waals surface area contributed by atoms with Gasteiger partial charge in [-0.2, -0.15) is 4.31 Å². The molecule has 0 aromatic carbocycles. The normalized spacial score (nSPS) is 19.9. The molecule has 2 saturated heterocycles. The first-order valence-corrected chi connectivity index (χ1v) is 10.5. The number of piperazine rings is 1. The zero-order chi connectivity index (χ0) is 17.0. The molecule has 0 bridgehead atoms. The van der Waals surface area contributed by atoms with Crippen LogP contribution in [0.4, 0.5) is 11.6 Å². The van der Waals surface area contributed by atoms with Gasteiger partial charge in [-0.05, 0) is 19.3 Å². The molecule has 3 rings (SSSR count). The molecule has 0 atom stereocenters. The lowest BCUT2D eigenvalue weighted by atomic mass is 10.3. The van der Waals surface area contributed by atoms with Crippen LogP contribution in [0.2, 0.25) is 0 Å². The molecule has 2 fully saturated rings. The molecular weight excluding hydrogens is 326 g/mol. The fourth-order valence-electron chi connectivity index (χ4n) is 3.28. The maximum atomic E-state index is 12.3. The van der Waals surface area contributed by atoms with Gasteiger partial charge in [-0.1, -0.05) is 13.3 Å². The summed E-state index contributed by atoms with van der Waals surface area (Å²) in [5, 5.41) is 0. The molecule has 1 aromatic rings. The number of nitrogens with zero attached hydrogens (tertiary/aromatic N) is 5. The number of sulfonamides is 1. The Morgan fingerprint density at radius 2 is 1.54 bits per heavy atom. The molecule has 0 radical (unpaired) electrons. The second-order valence-corrected chi connectivity index (χ2v) is 8.57. The molecule has 0 aliphatic carbocycles. The summed E-state index contributed by atoms with van der Waals surface area (Å²) >= 11 is 0. The molecule has 0 spiro atoms. The number of hydrogen-bond acceptors (Lipinski definition) is 6. The van der Waals surface area contributed by atoms with Gasteiger partial charge in [0.25, 0.3) is 0 Å². The Labute approximate surface area is 144 Å². The topological polar surface area (TPSA) is 69.6 Å². The van der Waals surface area contributed by atoms with Crippen LogP contribution in [0.1, 0.15) is 32.6 Å². The molecule has 0 amide bonds. The van der Waals surface area contributed by atoms with Crippen LogP contribution < -0.4 is 9.80 Å². The molecule has 2 aliphatic rings. The van der Waals surface area contributed by atoms with Crippen molar-refractivity contribution < 1.29 is 8.42 Å². The van der Waals surface area contributed by atoms with Gasteiger partial charge >= 0.3 is 0 Å². The predicted octanol–water partition coefficient (Wildman–Crippen LogP) is 1.33. The van der Waals surface area contributed by atoms with Gasteiger partial charge in [-0.3, -0.25) is 0 Å². The van der Waals surface area contributed by atoms with Crippen LogP contribution in [0, 0.1) is 0 Å². The summed E-state index contributed by atoms with van der Waals surface area (Å²) in [7, 11) is -3.11. The van der Waals surface area contributed by atoms with Gasteiger partial charge in [0.05, 0.1) is 5.75 Å².